The number of nitrogens with zero attached hydrogens (tertiary/aromatic N) is 1. The van der Waals surface area contributed by atoms with Gasteiger partial charge in [-0.1, -0.05) is 170 Å². The average Bonchev–Trinajstić information content (AvgIpc) is 3.13. The van der Waals surface area contributed by atoms with E-state index in [1.807, 2.05) is 0 Å². The molecule has 8 rings (SSSR count). The highest BCUT2D eigenvalue weighted by atomic mass is 31.1. The Bertz CT molecular complexity index is 2190. The van der Waals surface area contributed by atoms with E-state index in [1.54, 1.807) is 0 Å². The zero-order valence-corrected chi connectivity index (χ0v) is 25.6. The number of rotatable bonds is 6. The lowest BCUT2D eigenvalue weighted by Crippen LogP contribution is -2.20. The lowest BCUT2D eigenvalue weighted by Gasteiger charge is -2.20. The van der Waals surface area contributed by atoms with Gasteiger partial charge in [-0.25, -0.2) is 4.98 Å². The Hall–Kier alpha value is -5.36. The van der Waals surface area contributed by atoms with Crippen molar-refractivity contribution in [1.29, 1.82) is 0 Å². The first-order valence-corrected chi connectivity index (χ1v) is 16.7. The normalized spacial score (nSPS) is 11.3. The molecular weight excluding hydrogens is 561 g/mol. The van der Waals surface area contributed by atoms with E-state index < -0.39 is 7.92 Å². The topological polar surface area (TPSA) is 12.9 Å². The van der Waals surface area contributed by atoms with E-state index in [1.165, 1.54) is 54.3 Å². The molecule has 8 aromatic rings. The Balaban J connectivity index is 1.32. The number of hydrogen-bond acceptors (Lipinski definition) is 1. The van der Waals surface area contributed by atoms with E-state index in [-0.39, 0.29) is 0 Å². The third-order valence-electron chi connectivity index (χ3n) is 8.43. The number of fused-ring (bicyclic) bond motifs is 3. The van der Waals surface area contributed by atoms with Crippen molar-refractivity contribution in [1.82, 2.24) is 4.98 Å². The summed E-state index contributed by atoms with van der Waals surface area (Å²) < 4.78 is 0. The Morgan fingerprint density at radius 3 is 1.42 bits per heavy atom. The molecule has 1 heterocycles. The minimum Gasteiger partial charge on any atom is -0.248 e. The molecule has 45 heavy (non-hydrogen) atoms. The molecule has 0 aliphatic rings. The number of pyridine rings is 1. The molecule has 2 heteroatoms. The van der Waals surface area contributed by atoms with Crippen molar-refractivity contribution in [2.45, 2.75) is 0 Å². The van der Waals surface area contributed by atoms with Gasteiger partial charge >= 0.3 is 0 Å². The second kappa shape index (κ2) is 12.0. The second-order valence-electron chi connectivity index (χ2n) is 11.2. The molecule has 0 bridgehead atoms. The first-order chi connectivity index (χ1) is 22.3. The highest BCUT2D eigenvalue weighted by molar-refractivity contribution is 7.79. The lowest BCUT2D eigenvalue weighted by molar-refractivity contribution is 1.40. The van der Waals surface area contributed by atoms with Gasteiger partial charge in [0.05, 0.1) is 11.2 Å². The summed E-state index contributed by atoms with van der Waals surface area (Å²) in [5, 5.41) is 7.69. The van der Waals surface area contributed by atoms with E-state index >= 15 is 0 Å². The zero-order valence-electron chi connectivity index (χ0n) is 24.7. The Morgan fingerprint density at radius 2 is 0.822 bits per heavy atom. The van der Waals surface area contributed by atoms with Gasteiger partial charge in [0.15, 0.2) is 0 Å². The summed E-state index contributed by atoms with van der Waals surface area (Å²) in [6.45, 7) is 0. The molecule has 0 N–H and O–H groups in total. The van der Waals surface area contributed by atoms with E-state index in [0.29, 0.717) is 0 Å². The minimum atomic E-state index is -0.663. The Kier molecular flexibility index (Phi) is 7.23. The van der Waals surface area contributed by atoms with Gasteiger partial charge in [-0.2, -0.15) is 0 Å². The largest absolute Gasteiger partial charge is 0.248 e. The SMILES string of the molecule is c1ccc(-c2cc(-c3ccccc3)c3c(cc(-c4ccc(P(c5ccccc5)c5ccccc5)cc4)c4ccccc43)n2)cc1. The highest BCUT2D eigenvalue weighted by Crippen LogP contribution is 2.41. The van der Waals surface area contributed by atoms with Crippen molar-refractivity contribution >= 4 is 45.5 Å². The highest BCUT2D eigenvalue weighted by Gasteiger charge is 2.18. The number of benzene rings is 7. The van der Waals surface area contributed by atoms with Gasteiger partial charge in [0, 0.05) is 10.9 Å². The van der Waals surface area contributed by atoms with Gasteiger partial charge in [0.2, 0.25) is 0 Å². The molecule has 0 fully saturated rings. The van der Waals surface area contributed by atoms with Crippen molar-refractivity contribution in [3.05, 3.63) is 182 Å². The van der Waals surface area contributed by atoms with E-state index in [4.69, 9.17) is 4.98 Å². The Labute approximate surface area is 265 Å². The second-order valence-corrected chi connectivity index (χ2v) is 13.4. The van der Waals surface area contributed by atoms with Crippen molar-refractivity contribution < 1.29 is 0 Å². The van der Waals surface area contributed by atoms with Gasteiger partial charge in [-0.15, -0.1) is 0 Å². The van der Waals surface area contributed by atoms with Crippen LogP contribution >= 0.6 is 7.92 Å². The molecule has 212 valence electrons. The van der Waals surface area contributed by atoms with E-state index in [0.717, 1.165) is 16.8 Å². The van der Waals surface area contributed by atoms with Gasteiger partial charge in [0.1, 0.15) is 0 Å². The number of hydrogen-bond donors (Lipinski definition) is 0. The molecule has 1 nitrogen and oxygen atoms in total. The third-order valence-corrected chi connectivity index (χ3v) is 10.9. The fraction of sp³-hybridized carbons (Fsp3) is 0. The maximum absolute atomic E-state index is 5.30. The van der Waals surface area contributed by atoms with Crippen LogP contribution in [0, 0.1) is 0 Å². The molecule has 0 saturated heterocycles. The average molecular weight is 592 g/mol. The summed E-state index contributed by atoms with van der Waals surface area (Å²) in [5.74, 6) is 0. The summed E-state index contributed by atoms with van der Waals surface area (Å²) >= 11 is 0. The summed E-state index contributed by atoms with van der Waals surface area (Å²) in [4.78, 5) is 5.30. The molecule has 0 amide bonds. The van der Waals surface area contributed by atoms with Crippen LogP contribution in [0.1, 0.15) is 0 Å². The van der Waals surface area contributed by atoms with Crippen LogP contribution in [0.15, 0.2) is 182 Å². The van der Waals surface area contributed by atoms with E-state index in [2.05, 4.69) is 182 Å². The monoisotopic (exact) mass is 591 g/mol. The van der Waals surface area contributed by atoms with Crippen LogP contribution in [0.2, 0.25) is 0 Å². The predicted molar refractivity (Wildman–Crippen MR) is 194 cm³/mol. The number of aromatic nitrogens is 1. The molecule has 7 aromatic carbocycles. The molecule has 0 saturated carbocycles. The van der Waals surface area contributed by atoms with Gasteiger partial charge in [-0.3, -0.25) is 0 Å². The molecule has 1 aromatic heterocycles. The smallest absolute Gasteiger partial charge is 0.0728 e. The van der Waals surface area contributed by atoms with Crippen LogP contribution in [0.25, 0.3) is 55.2 Å². The molecular formula is C43H30NP. The van der Waals surface area contributed by atoms with Crippen molar-refractivity contribution in [2.24, 2.45) is 0 Å². The molecule has 0 unspecified atom stereocenters. The summed E-state index contributed by atoms with van der Waals surface area (Å²) in [6.07, 6.45) is 0. The standard InChI is InChI=1S/C43H30NP/c1-5-15-31(16-6-1)40-30-41(33-17-7-2-8-18-33)44-42-29-39(37-23-13-14-24-38(37)43(40)42)32-25-27-36(28-26-32)45(34-19-9-3-10-20-34)35-21-11-4-12-22-35/h1-30H. The maximum atomic E-state index is 5.30. The lowest BCUT2D eigenvalue weighted by atomic mass is 9.90. The summed E-state index contributed by atoms with van der Waals surface area (Å²) in [5.41, 5.74) is 7.89. The van der Waals surface area contributed by atoms with Crippen LogP contribution in [-0.2, 0) is 0 Å². The van der Waals surface area contributed by atoms with Crippen LogP contribution in [-0.4, -0.2) is 4.98 Å². The first kappa shape index (κ1) is 27.2. The molecule has 0 spiro atoms. The third kappa shape index (κ3) is 5.22. The van der Waals surface area contributed by atoms with Crippen LogP contribution in [0.3, 0.4) is 0 Å². The van der Waals surface area contributed by atoms with Crippen LogP contribution in [0.5, 0.6) is 0 Å². The quantitative estimate of drug-likeness (QED) is 0.139. The van der Waals surface area contributed by atoms with Gasteiger partial charge < -0.3 is 0 Å². The van der Waals surface area contributed by atoms with Crippen molar-refractivity contribution in [3.8, 4) is 33.5 Å². The molecule has 0 aliphatic heterocycles. The molecule has 0 radical (unpaired) electrons. The fourth-order valence-electron chi connectivity index (χ4n) is 6.34. The van der Waals surface area contributed by atoms with Gasteiger partial charge in [0.25, 0.3) is 0 Å². The minimum absolute atomic E-state index is 0.663. The van der Waals surface area contributed by atoms with Crippen molar-refractivity contribution in [2.75, 3.05) is 0 Å². The van der Waals surface area contributed by atoms with Gasteiger partial charge in [-0.05, 0) is 69.0 Å². The summed E-state index contributed by atoms with van der Waals surface area (Å²) in [7, 11) is -0.663. The fourth-order valence-corrected chi connectivity index (χ4v) is 8.62. The predicted octanol–water partition coefficient (Wildman–Crippen LogP) is 10.1. The molecule has 0 aliphatic carbocycles. The van der Waals surface area contributed by atoms with Crippen molar-refractivity contribution in [3.63, 3.8) is 0 Å². The zero-order chi connectivity index (χ0) is 30.0. The Morgan fingerprint density at radius 1 is 0.356 bits per heavy atom. The first-order valence-electron chi connectivity index (χ1n) is 15.3. The van der Waals surface area contributed by atoms with E-state index in [9.17, 15) is 0 Å². The van der Waals surface area contributed by atoms with Crippen LogP contribution in [0.4, 0.5) is 0 Å². The summed E-state index contributed by atoms with van der Waals surface area (Å²) in [6, 6.07) is 65.5. The molecule has 0 atom stereocenters. The van der Waals surface area contributed by atoms with Crippen LogP contribution < -0.4 is 15.9 Å². The maximum Gasteiger partial charge on any atom is 0.0728 e.